The van der Waals surface area contributed by atoms with E-state index >= 15 is 0 Å². The number of carbonyl (C=O) groups excluding carboxylic acids is 6. The standard InChI is InChI=1S/C17H31NO4.C12H25NO2.C11H20O2/c1-16(2,3)10-13(19)9-15(21)18-7-8-22-12-14(20)11-17(4,5)6;1-11(2,3)10(14)9-15-8-7-13-12(4,5)6;1-10(2,3)8(12)7-9(13)11(4,5)6/h7-12H2,1-6H3,(H,18,21);13H,7-9H2,1-6H3;7H2,1-6H3. The first-order valence-corrected chi connectivity index (χ1v) is 17.9. The molecule has 0 fully saturated rings. The van der Waals surface area contributed by atoms with Gasteiger partial charge in [-0.15, -0.1) is 0 Å². The fraction of sp³-hybridized carbons (Fsp3) is 0.850. The van der Waals surface area contributed by atoms with E-state index < -0.39 is 10.8 Å². The van der Waals surface area contributed by atoms with Gasteiger partial charge in [-0.3, -0.25) is 28.8 Å². The second-order valence-electron chi connectivity index (χ2n) is 19.6. The summed E-state index contributed by atoms with van der Waals surface area (Å²) in [5, 5.41) is 5.92. The number of carbonyl (C=O) groups is 6. The first kappa shape index (κ1) is 52.1. The van der Waals surface area contributed by atoms with E-state index in [-0.39, 0.29) is 89.3 Å². The third-order valence-corrected chi connectivity index (χ3v) is 6.61. The quantitative estimate of drug-likeness (QED) is 0.126. The molecule has 10 nitrogen and oxygen atoms in total. The molecule has 0 aliphatic heterocycles. The number of ether oxygens (including phenoxy) is 2. The molecule has 0 rings (SSSR count). The molecule has 0 saturated heterocycles. The van der Waals surface area contributed by atoms with E-state index in [2.05, 4.69) is 31.4 Å². The second kappa shape index (κ2) is 22.6. The summed E-state index contributed by atoms with van der Waals surface area (Å²) in [6, 6.07) is 0. The van der Waals surface area contributed by atoms with E-state index in [1.54, 1.807) is 0 Å². The van der Waals surface area contributed by atoms with Crippen LogP contribution in [0.5, 0.6) is 0 Å². The molecule has 50 heavy (non-hydrogen) atoms. The van der Waals surface area contributed by atoms with E-state index in [4.69, 9.17) is 9.47 Å². The predicted octanol–water partition coefficient (Wildman–Crippen LogP) is 7.13. The van der Waals surface area contributed by atoms with E-state index in [1.807, 2.05) is 104 Å². The summed E-state index contributed by atoms with van der Waals surface area (Å²) in [6.45, 7) is 37.2. The van der Waals surface area contributed by atoms with Crippen LogP contribution in [0, 0.1) is 27.1 Å². The summed E-state index contributed by atoms with van der Waals surface area (Å²) in [5.74, 6) is -0.109. The van der Waals surface area contributed by atoms with Crippen molar-refractivity contribution in [2.24, 2.45) is 27.1 Å². The van der Waals surface area contributed by atoms with Crippen LogP contribution in [0.3, 0.4) is 0 Å². The van der Waals surface area contributed by atoms with Crippen LogP contribution in [-0.4, -0.2) is 79.9 Å². The van der Waals surface area contributed by atoms with Gasteiger partial charge in [0, 0.05) is 47.7 Å². The number of Topliss-reactive ketones (excluding diaryl/α,β-unsaturated/α-hetero) is 5. The van der Waals surface area contributed by atoms with Crippen molar-refractivity contribution in [3.63, 3.8) is 0 Å². The highest BCUT2D eigenvalue weighted by molar-refractivity contribution is 6.03. The highest BCUT2D eigenvalue weighted by Gasteiger charge is 2.29. The number of nitrogens with one attached hydrogen (secondary N) is 2. The van der Waals surface area contributed by atoms with Crippen molar-refractivity contribution in [3.05, 3.63) is 0 Å². The highest BCUT2D eigenvalue weighted by atomic mass is 16.5. The first-order valence-electron chi connectivity index (χ1n) is 17.9. The summed E-state index contributed by atoms with van der Waals surface area (Å²) in [7, 11) is 0. The van der Waals surface area contributed by atoms with Crippen LogP contribution in [0.15, 0.2) is 0 Å². The molecule has 294 valence electrons. The number of hydrogen-bond donors (Lipinski definition) is 2. The second-order valence-corrected chi connectivity index (χ2v) is 19.6. The zero-order valence-corrected chi connectivity index (χ0v) is 35.3. The summed E-state index contributed by atoms with van der Waals surface area (Å²) >= 11 is 0. The number of rotatable bonds is 16. The lowest BCUT2D eigenvalue weighted by Crippen LogP contribution is -2.38. The van der Waals surface area contributed by atoms with Crippen LogP contribution in [-0.2, 0) is 38.2 Å². The van der Waals surface area contributed by atoms with Gasteiger partial charge in [0.05, 0.1) is 26.1 Å². The van der Waals surface area contributed by atoms with Gasteiger partial charge >= 0.3 is 0 Å². The van der Waals surface area contributed by atoms with Crippen LogP contribution < -0.4 is 10.6 Å². The molecule has 0 radical (unpaired) electrons. The average Bonchev–Trinajstić information content (AvgIpc) is 2.84. The molecule has 0 aromatic rings. The monoisotopic (exact) mass is 713 g/mol. The van der Waals surface area contributed by atoms with Gasteiger partial charge in [-0.2, -0.15) is 0 Å². The third kappa shape index (κ3) is 35.5. The SMILES string of the molecule is CC(C)(C)C(=O)CC(=O)C(C)(C)C.CC(C)(C)CC(=O)COCCNC(=O)CC(=O)CC(C)(C)C.CC(C)(C)NCCOCC(=O)C(C)(C)C. The van der Waals surface area contributed by atoms with E-state index in [0.717, 1.165) is 6.54 Å². The molecule has 0 atom stereocenters. The lowest BCUT2D eigenvalue weighted by Gasteiger charge is -2.21. The molecule has 0 bridgehead atoms. The summed E-state index contributed by atoms with van der Waals surface area (Å²) in [5.41, 5.74) is -1.13. The van der Waals surface area contributed by atoms with Crippen LogP contribution in [0.2, 0.25) is 0 Å². The first-order chi connectivity index (χ1) is 22.1. The molecule has 0 aromatic heterocycles. The molecule has 0 heterocycles. The van der Waals surface area contributed by atoms with Gasteiger partial charge in [0.25, 0.3) is 0 Å². The smallest absolute Gasteiger partial charge is 0.227 e. The lowest BCUT2D eigenvalue weighted by molar-refractivity contribution is -0.135. The molecular weight excluding hydrogens is 636 g/mol. The third-order valence-electron chi connectivity index (χ3n) is 6.61. The Morgan fingerprint density at radius 1 is 0.460 bits per heavy atom. The van der Waals surface area contributed by atoms with Gasteiger partial charge < -0.3 is 20.1 Å². The lowest BCUT2D eigenvalue weighted by atomic mass is 9.82. The zero-order chi connectivity index (χ0) is 40.4. The van der Waals surface area contributed by atoms with Crippen molar-refractivity contribution in [2.75, 3.05) is 39.5 Å². The number of amides is 1. The van der Waals surface area contributed by atoms with Crippen LogP contribution in [0.4, 0.5) is 0 Å². The molecule has 0 spiro atoms. The average molecular weight is 713 g/mol. The van der Waals surface area contributed by atoms with Crippen molar-refractivity contribution in [3.8, 4) is 0 Å². The van der Waals surface area contributed by atoms with E-state index in [0.29, 0.717) is 26.0 Å². The fourth-order valence-corrected chi connectivity index (χ4v) is 3.54. The molecule has 0 unspecified atom stereocenters. The molecule has 0 saturated carbocycles. The Morgan fingerprint density at radius 3 is 1.22 bits per heavy atom. The Morgan fingerprint density at radius 2 is 0.840 bits per heavy atom. The molecule has 1 amide bonds. The van der Waals surface area contributed by atoms with Crippen LogP contribution in [0.1, 0.15) is 150 Å². The van der Waals surface area contributed by atoms with Gasteiger partial charge in [0.15, 0.2) is 11.6 Å². The Balaban J connectivity index is -0.000000693. The maximum absolute atomic E-state index is 11.6. The number of ketones is 5. The largest absolute Gasteiger partial charge is 0.372 e. The number of hydrogen-bond acceptors (Lipinski definition) is 9. The molecule has 10 heteroatoms. The Hall–Kier alpha value is -2.30. The van der Waals surface area contributed by atoms with Gasteiger partial charge in [0.1, 0.15) is 30.6 Å². The Kier molecular flexibility index (Phi) is 23.5. The molecule has 0 aromatic carbocycles. The minimum absolute atomic E-state index is 0.0208. The molecular formula is C40H76N2O8. The van der Waals surface area contributed by atoms with Gasteiger partial charge in [0.2, 0.25) is 5.91 Å². The Bertz CT molecular complexity index is 1040. The topological polar surface area (TPSA) is 145 Å². The summed E-state index contributed by atoms with van der Waals surface area (Å²) in [4.78, 5) is 69.3. The summed E-state index contributed by atoms with van der Waals surface area (Å²) in [6.07, 6.45) is 0.826. The molecule has 2 N–H and O–H groups in total. The van der Waals surface area contributed by atoms with Crippen molar-refractivity contribution >= 4 is 34.8 Å². The van der Waals surface area contributed by atoms with Crippen LogP contribution >= 0.6 is 0 Å². The Labute approximate surface area is 305 Å². The van der Waals surface area contributed by atoms with Crippen molar-refractivity contribution in [1.82, 2.24) is 10.6 Å². The van der Waals surface area contributed by atoms with E-state index in [9.17, 15) is 28.8 Å². The van der Waals surface area contributed by atoms with E-state index in [1.165, 1.54) is 0 Å². The fourth-order valence-electron chi connectivity index (χ4n) is 3.54. The van der Waals surface area contributed by atoms with Gasteiger partial charge in [-0.1, -0.05) is 104 Å². The normalized spacial score (nSPS) is 12.5. The highest BCUT2D eigenvalue weighted by Crippen LogP contribution is 2.23. The summed E-state index contributed by atoms with van der Waals surface area (Å²) < 4.78 is 10.5. The minimum Gasteiger partial charge on any atom is -0.372 e. The zero-order valence-electron chi connectivity index (χ0n) is 35.3. The van der Waals surface area contributed by atoms with Crippen LogP contribution in [0.25, 0.3) is 0 Å². The van der Waals surface area contributed by atoms with Crippen molar-refractivity contribution < 1.29 is 38.2 Å². The predicted molar refractivity (Wildman–Crippen MR) is 203 cm³/mol. The maximum Gasteiger partial charge on any atom is 0.227 e. The van der Waals surface area contributed by atoms with Gasteiger partial charge in [-0.25, -0.2) is 0 Å². The minimum atomic E-state index is -0.402. The van der Waals surface area contributed by atoms with Gasteiger partial charge in [-0.05, 0) is 31.6 Å². The van der Waals surface area contributed by atoms with Crippen molar-refractivity contribution in [2.45, 2.75) is 156 Å². The molecule has 0 aliphatic carbocycles. The molecule has 0 aliphatic rings. The maximum atomic E-state index is 11.6. The van der Waals surface area contributed by atoms with Crippen molar-refractivity contribution in [1.29, 1.82) is 0 Å².